The summed E-state index contributed by atoms with van der Waals surface area (Å²) in [7, 11) is 1.74. The van der Waals surface area contributed by atoms with Gasteiger partial charge in [-0.05, 0) is 30.6 Å². The summed E-state index contributed by atoms with van der Waals surface area (Å²) in [4.78, 5) is 13.4. The van der Waals surface area contributed by atoms with E-state index in [2.05, 4.69) is 0 Å². The molecule has 1 atom stereocenters. The lowest BCUT2D eigenvalue weighted by atomic mass is 10.2. The number of thioether (sulfide) groups is 1. The molecule has 0 aliphatic carbocycles. The number of halogens is 1. The maximum absolute atomic E-state index is 11.8. The van der Waals surface area contributed by atoms with E-state index >= 15 is 0 Å². The fraction of sp³-hybridized carbons (Fsp3) is 0.545. The molecule has 0 bridgehead atoms. The molecule has 6 heteroatoms. The zero-order valence-electron chi connectivity index (χ0n) is 10.1. The molecule has 0 aromatic carbocycles. The molecule has 0 saturated carbocycles. The highest BCUT2D eigenvalue weighted by molar-refractivity contribution is 7.98. The molecule has 1 aromatic rings. The number of nitrogens with zero attached hydrogens (tertiary/aromatic N) is 1. The van der Waals surface area contributed by atoms with Crippen molar-refractivity contribution in [3.8, 4) is 0 Å². The van der Waals surface area contributed by atoms with Gasteiger partial charge in [-0.1, -0.05) is 0 Å². The first-order valence-corrected chi connectivity index (χ1v) is 6.56. The molecule has 1 rings (SSSR count). The monoisotopic (exact) mass is 278 g/mol. The number of amides is 1. The topological polar surface area (TPSA) is 59.5 Å². The van der Waals surface area contributed by atoms with Crippen LogP contribution in [0.4, 0.5) is 0 Å². The molecule has 2 N–H and O–H groups in total. The highest BCUT2D eigenvalue weighted by Crippen LogP contribution is 2.06. The number of furan rings is 1. The molecule has 0 unspecified atom stereocenters. The lowest BCUT2D eigenvalue weighted by Gasteiger charge is -2.20. The maximum Gasteiger partial charge on any atom is 0.239 e. The molecule has 0 spiro atoms. The molecule has 0 aliphatic rings. The van der Waals surface area contributed by atoms with Gasteiger partial charge in [0.1, 0.15) is 5.76 Å². The van der Waals surface area contributed by atoms with Crippen LogP contribution >= 0.6 is 24.2 Å². The summed E-state index contributed by atoms with van der Waals surface area (Å²) in [6.45, 7) is 0.471. The second kappa shape index (κ2) is 8.44. The highest BCUT2D eigenvalue weighted by atomic mass is 35.5. The molecule has 1 heterocycles. The summed E-state index contributed by atoms with van der Waals surface area (Å²) in [6.07, 6.45) is 4.31. The van der Waals surface area contributed by atoms with Crippen molar-refractivity contribution in [1.82, 2.24) is 4.90 Å². The van der Waals surface area contributed by atoms with Crippen LogP contribution in [0.3, 0.4) is 0 Å². The highest BCUT2D eigenvalue weighted by Gasteiger charge is 2.18. The van der Waals surface area contributed by atoms with Crippen molar-refractivity contribution in [1.29, 1.82) is 0 Å². The third kappa shape index (κ3) is 5.48. The van der Waals surface area contributed by atoms with E-state index in [1.165, 1.54) is 0 Å². The van der Waals surface area contributed by atoms with Gasteiger partial charge in [-0.3, -0.25) is 4.79 Å². The lowest BCUT2D eigenvalue weighted by Crippen LogP contribution is -2.41. The smallest absolute Gasteiger partial charge is 0.239 e. The van der Waals surface area contributed by atoms with Gasteiger partial charge in [-0.15, -0.1) is 12.4 Å². The van der Waals surface area contributed by atoms with E-state index in [1.54, 1.807) is 36.0 Å². The summed E-state index contributed by atoms with van der Waals surface area (Å²) in [5.74, 6) is 1.64. The molecule has 0 radical (unpaired) electrons. The minimum atomic E-state index is -0.410. The largest absolute Gasteiger partial charge is 0.467 e. The van der Waals surface area contributed by atoms with Gasteiger partial charge in [-0.25, -0.2) is 0 Å². The van der Waals surface area contributed by atoms with E-state index in [1.807, 2.05) is 12.3 Å². The van der Waals surface area contributed by atoms with Gasteiger partial charge >= 0.3 is 0 Å². The van der Waals surface area contributed by atoms with Gasteiger partial charge < -0.3 is 15.1 Å². The maximum atomic E-state index is 11.8. The van der Waals surface area contributed by atoms with Crippen molar-refractivity contribution in [3.05, 3.63) is 24.2 Å². The minimum Gasteiger partial charge on any atom is -0.467 e. The number of carbonyl (C=O) groups is 1. The van der Waals surface area contributed by atoms with E-state index in [9.17, 15) is 4.79 Å². The molecule has 17 heavy (non-hydrogen) atoms. The Balaban J connectivity index is 0.00000256. The van der Waals surface area contributed by atoms with Gasteiger partial charge in [0.15, 0.2) is 0 Å². The average Bonchev–Trinajstić information content (AvgIpc) is 2.77. The van der Waals surface area contributed by atoms with Crippen LogP contribution in [0.25, 0.3) is 0 Å². The number of carbonyl (C=O) groups excluding carboxylic acids is 1. The summed E-state index contributed by atoms with van der Waals surface area (Å²) in [5.41, 5.74) is 5.80. The second-order valence-electron chi connectivity index (χ2n) is 3.66. The average molecular weight is 279 g/mol. The predicted octanol–water partition coefficient (Wildman–Crippen LogP) is 1.74. The summed E-state index contributed by atoms with van der Waals surface area (Å²) in [5, 5.41) is 0. The zero-order valence-corrected chi connectivity index (χ0v) is 11.7. The van der Waals surface area contributed by atoms with Crippen LogP contribution in [0, 0.1) is 0 Å². The molecule has 0 fully saturated rings. The van der Waals surface area contributed by atoms with Crippen LogP contribution in [-0.4, -0.2) is 35.9 Å². The zero-order chi connectivity index (χ0) is 12.0. The Kier molecular flexibility index (Phi) is 8.12. The van der Waals surface area contributed by atoms with E-state index in [-0.39, 0.29) is 18.3 Å². The normalized spacial score (nSPS) is 11.7. The van der Waals surface area contributed by atoms with E-state index < -0.39 is 6.04 Å². The van der Waals surface area contributed by atoms with Crippen LogP contribution in [-0.2, 0) is 11.3 Å². The molecule has 98 valence electrons. The molecule has 1 amide bonds. The first kappa shape index (κ1) is 16.4. The van der Waals surface area contributed by atoms with Crippen LogP contribution in [0.15, 0.2) is 22.8 Å². The van der Waals surface area contributed by atoms with Crippen molar-refractivity contribution < 1.29 is 9.21 Å². The van der Waals surface area contributed by atoms with Crippen molar-refractivity contribution >= 4 is 30.1 Å². The Bertz CT molecular complexity index is 319. The standard InChI is InChI=1S/C11H18N2O2S.ClH/c1-13(8-9-4-3-6-15-9)11(14)10(12)5-7-16-2;/h3-4,6,10H,5,7-8,12H2,1-2H3;1H/t10-;/m0./s1. The van der Waals surface area contributed by atoms with Crippen LogP contribution < -0.4 is 5.73 Å². The second-order valence-corrected chi connectivity index (χ2v) is 4.65. The van der Waals surface area contributed by atoms with Crippen LogP contribution in [0.5, 0.6) is 0 Å². The first-order chi connectivity index (χ1) is 7.65. The fourth-order valence-corrected chi connectivity index (χ4v) is 1.86. The van der Waals surface area contributed by atoms with Crippen LogP contribution in [0.1, 0.15) is 12.2 Å². The molecule has 0 saturated heterocycles. The van der Waals surface area contributed by atoms with Gasteiger partial charge in [0.2, 0.25) is 5.91 Å². The summed E-state index contributed by atoms with van der Waals surface area (Å²) < 4.78 is 5.18. The number of rotatable bonds is 6. The van der Waals surface area contributed by atoms with Crippen molar-refractivity contribution in [3.63, 3.8) is 0 Å². The van der Waals surface area contributed by atoms with Gasteiger partial charge in [0.25, 0.3) is 0 Å². The minimum absolute atomic E-state index is 0. The summed E-state index contributed by atoms with van der Waals surface area (Å²) >= 11 is 1.70. The first-order valence-electron chi connectivity index (χ1n) is 5.17. The fourth-order valence-electron chi connectivity index (χ4n) is 1.37. The Morgan fingerprint density at radius 1 is 1.65 bits per heavy atom. The third-order valence-electron chi connectivity index (χ3n) is 2.30. The van der Waals surface area contributed by atoms with Gasteiger partial charge in [-0.2, -0.15) is 11.8 Å². The van der Waals surface area contributed by atoms with Crippen molar-refractivity contribution in [2.24, 2.45) is 5.73 Å². The Morgan fingerprint density at radius 2 is 2.35 bits per heavy atom. The summed E-state index contributed by atoms with van der Waals surface area (Å²) in [6, 6.07) is 3.24. The quantitative estimate of drug-likeness (QED) is 0.861. The molecular formula is C11H19ClN2O2S. The number of hydrogen-bond acceptors (Lipinski definition) is 4. The van der Waals surface area contributed by atoms with Crippen LogP contribution in [0.2, 0.25) is 0 Å². The Morgan fingerprint density at radius 3 is 2.88 bits per heavy atom. The van der Waals surface area contributed by atoms with Crippen molar-refractivity contribution in [2.75, 3.05) is 19.1 Å². The molecule has 4 nitrogen and oxygen atoms in total. The van der Waals surface area contributed by atoms with E-state index in [0.717, 1.165) is 11.5 Å². The third-order valence-corrected chi connectivity index (χ3v) is 2.94. The lowest BCUT2D eigenvalue weighted by molar-refractivity contribution is -0.132. The Hall–Kier alpha value is -0.650. The molecular weight excluding hydrogens is 260 g/mol. The number of hydrogen-bond donors (Lipinski definition) is 1. The van der Waals surface area contributed by atoms with Gasteiger partial charge in [0.05, 0.1) is 18.8 Å². The number of nitrogens with two attached hydrogens (primary N) is 1. The number of likely N-dealkylation sites (N-methyl/N-ethyl adjacent to an activating group) is 1. The predicted molar refractivity (Wildman–Crippen MR) is 73.4 cm³/mol. The van der Waals surface area contributed by atoms with E-state index in [0.29, 0.717) is 13.0 Å². The molecule has 0 aliphatic heterocycles. The Labute approximate surface area is 112 Å². The molecule has 1 aromatic heterocycles. The van der Waals surface area contributed by atoms with E-state index in [4.69, 9.17) is 10.2 Å². The van der Waals surface area contributed by atoms with Gasteiger partial charge in [0, 0.05) is 7.05 Å². The SMILES string of the molecule is CSCC[C@H](N)C(=O)N(C)Cc1ccco1.Cl. The van der Waals surface area contributed by atoms with Crippen molar-refractivity contribution in [2.45, 2.75) is 19.0 Å².